The van der Waals surface area contributed by atoms with Gasteiger partial charge in [-0.05, 0) is 103 Å². The lowest BCUT2D eigenvalue weighted by Gasteiger charge is -2.43. The minimum absolute atomic E-state index is 0.0287. The van der Waals surface area contributed by atoms with Gasteiger partial charge in [0, 0.05) is 25.1 Å². The first-order chi connectivity index (χ1) is 24.7. The summed E-state index contributed by atoms with van der Waals surface area (Å²) in [5, 5.41) is 0. The number of carbonyl (C=O) groups excluding carboxylic acids is 2. The van der Waals surface area contributed by atoms with Crippen molar-refractivity contribution in [2.45, 2.75) is 73.2 Å². The number of aryl methyl sites for hydroxylation is 1. The number of likely N-dealkylation sites (tertiary alicyclic amines) is 2. The Morgan fingerprint density at radius 1 is 0.885 bits per heavy atom. The Balaban J connectivity index is 1.23. The Kier molecular flexibility index (Phi) is 9.08. The van der Waals surface area contributed by atoms with E-state index in [2.05, 4.69) is 0 Å². The number of fused-ring (bicyclic) bond motifs is 3. The van der Waals surface area contributed by atoms with Crippen LogP contribution in [0.4, 0.5) is 26.3 Å². The van der Waals surface area contributed by atoms with Gasteiger partial charge in [0.15, 0.2) is 9.84 Å². The number of amides is 2. The molecule has 0 radical (unpaired) electrons. The quantitative estimate of drug-likeness (QED) is 0.142. The second-order valence-corrected chi connectivity index (χ2v) is 15.5. The molecule has 0 spiro atoms. The van der Waals surface area contributed by atoms with E-state index in [4.69, 9.17) is 4.74 Å². The highest BCUT2D eigenvalue weighted by Gasteiger charge is 2.61. The van der Waals surface area contributed by atoms with Crippen LogP contribution in [-0.2, 0) is 49.9 Å². The molecule has 0 saturated carbocycles. The van der Waals surface area contributed by atoms with E-state index in [1.165, 1.54) is 64.4 Å². The van der Waals surface area contributed by atoms with Crippen molar-refractivity contribution in [3.05, 3.63) is 130 Å². The van der Waals surface area contributed by atoms with Crippen molar-refractivity contribution in [3.8, 4) is 5.75 Å². The number of ether oxygens (including phenoxy) is 1. The first-order valence-electron chi connectivity index (χ1n) is 16.7. The highest BCUT2D eigenvalue weighted by Crippen LogP contribution is 2.53. The third-order valence-corrected chi connectivity index (χ3v) is 13.0. The molecule has 7 rings (SSSR count). The Bertz CT molecular complexity index is 2140. The number of rotatable bonds is 8. The van der Waals surface area contributed by atoms with E-state index in [0.717, 1.165) is 30.3 Å². The largest absolute Gasteiger partial charge is 0.489 e. The molecule has 7 nitrogen and oxygen atoms in total. The number of carbonyl (C=O) groups is 2. The van der Waals surface area contributed by atoms with Crippen LogP contribution in [0, 0.1) is 17.5 Å². The van der Waals surface area contributed by atoms with Crippen LogP contribution < -0.4 is 4.74 Å². The van der Waals surface area contributed by atoms with Crippen molar-refractivity contribution in [1.29, 1.82) is 0 Å². The second-order valence-electron chi connectivity index (χ2n) is 13.3. The highest BCUT2D eigenvalue weighted by molar-refractivity contribution is 7.92. The zero-order valence-electron chi connectivity index (χ0n) is 27.5. The fourth-order valence-electron chi connectivity index (χ4n) is 7.97. The second kappa shape index (κ2) is 13.3. The van der Waals surface area contributed by atoms with Gasteiger partial charge in [-0.3, -0.25) is 9.59 Å². The van der Waals surface area contributed by atoms with Crippen LogP contribution in [0.1, 0.15) is 53.5 Å². The van der Waals surface area contributed by atoms with Gasteiger partial charge in [-0.25, -0.2) is 21.6 Å². The summed E-state index contributed by atoms with van der Waals surface area (Å²) in [7, 11) is -4.35. The van der Waals surface area contributed by atoms with Crippen molar-refractivity contribution in [2.24, 2.45) is 0 Å². The molecule has 3 aliphatic rings. The molecule has 2 aliphatic heterocycles. The molecule has 2 saturated heterocycles. The standard InChI is InChI=1S/C38H32F6N2O5S/c39-25-7-4-23(5-8-25)21-46-33(15-17-35(46)47)36(48)45-19-18-37(52(49,50)28-12-9-26(40)10-13-28)30-14-11-27(20-24(30)6-16-34(37)45)51-22-29-31(38(42,43)44)2-1-3-32(29)41/h1-5,7-14,20,33-34H,6,15-19,21-22H2/t33-,34+,37+/m0/s1. The molecule has 2 heterocycles. The normalized spacial score (nSPS) is 21.6. The molecule has 2 fully saturated rings. The summed E-state index contributed by atoms with van der Waals surface area (Å²) in [6.45, 7) is -0.640. The van der Waals surface area contributed by atoms with Gasteiger partial charge in [-0.15, -0.1) is 0 Å². The maximum atomic E-state index is 14.8. The maximum absolute atomic E-state index is 14.8. The Morgan fingerprint density at radius 2 is 1.58 bits per heavy atom. The monoisotopic (exact) mass is 742 g/mol. The predicted octanol–water partition coefficient (Wildman–Crippen LogP) is 7.11. The third-order valence-electron chi connectivity index (χ3n) is 10.4. The Labute approximate surface area is 295 Å². The van der Waals surface area contributed by atoms with Crippen LogP contribution in [0.2, 0.25) is 0 Å². The summed E-state index contributed by atoms with van der Waals surface area (Å²) >= 11 is 0. The molecule has 0 bridgehead atoms. The van der Waals surface area contributed by atoms with E-state index in [0.29, 0.717) is 16.7 Å². The van der Waals surface area contributed by atoms with Crippen LogP contribution in [-0.4, -0.2) is 48.7 Å². The van der Waals surface area contributed by atoms with E-state index in [-0.39, 0.29) is 61.7 Å². The van der Waals surface area contributed by atoms with Gasteiger partial charge >= 0.3 is 6.18 Å². The first kappa shape index (κ1) is 35.5. The van der Waals surface area contributed by atoms with Crippen LogP contribution in [0.5, 0.6) is 5.75 Å². The molecule has 0 aromatic heterocycles. The highest BCUT2D eigenvalue weighted by atomic mass is 32.2. The van der Waals surface area contributed by atoms with Gasteiger partial charge in [-0.2, -0.15) is 13.2 Å². The zero-order valence-corrected chi connectivity index (χ0v) is 28.3. The van der Waals surface area contributed by atoms with Crippen molar-refractivity contribution in [3.63, 3.8) is 0 Å². The number of halogens is 6. The van der Waals surface area contributed by atoms with Gasteiger partial charge in [0.2, 0.25) is 11.8 Å². The van der Waals surface area contributed by atoms with Crippen molar-refractivity contribution < 1.29 is 49.1 Å². The number of nitrogens with zero attached hydrogens (tertiary/aromatic N) is 2. The van der Waals surface area contributed by atoms with Crippen LogP contribution in [0.15, 0.2) is 89.8 Å². The van der Waals surface area contributed by atoms with Gasteiger partial charge < -0.3 is 14.5 Å². The lowest BCUT2D eigenvalue weighted by molar-refractivity contribution is -0.142. The van der Waals surface area contributed by atoms with E-state index < -0.39 is 73.9 Å². The Morgan fingerprint density at radius 3 is 2.27 bits per heavy atom. The fourth-order valence-corrected chi connectivity index (χ4v) is 10.3. The molecule has 0 N–H and O–H groups in total. The molecule has 4 aromatic rings. The average molecular weight is 743 g/mol. The summed E-state index contributed by atoms with van der Waals surface area (Å²) in [6.07, 6.45) is -4.08. The molecule has 1 aliphatic carbocycles. The molecule has 52 heavy (non-hydrogen) atoms. The number of alkyl halides is 3. The maximum Gasteiger partial charge on any atom is 0.416 e. The fraction of sp³-hybridized carbons (Fsp3) is 0.316. The van der Waals surface area contributed by atoms with Gasteiger partial charge in [0.25, 0.3) is 0 Å². The molecular weight excluding hydrogens is 710 g/mol. The Hall–Kier alpha value is -4.85. The van der Waals surface area contributed by atoms with Crippen LogP contribution >= 0.6 is 0 Å². The minimum atomic E-state index is -4.82. The lowest BCUT2D eigenvalue weighted by Crippen LogP contribution is -2.55. The first-order valence-corrected chi connectivity index (χ1v) is 18.1. The summed E-state index contributed by atoms with van der Waals surface area (Å²) in [5.74, 6) is -2.76. The third kappa shape index (κ3) is 6.10. The number of benzene rings is 4. The molecule has 3 atom stereocenters. The number of sulfone groups is 1. The van der Waals surface area contributed by atoms with E-state index in [1.807, 2.05) is 0 Å². The summed E-state index contributed by atoms with van der Waals surface area (Å²) < 4.78 is 116. The van der Waals surface area contributed by atoms with Crippen molar-refractivity contribution in [2.75, 3.05) is 6.54 Å². The van der Waals surface area contributed by atoms with E-state index in [9.17, 15) is 44.3 Å². The minimum Gasteiger partial charge on any atom is -0.489 e. The molecule has 0 unspecified atom stereocenters. The predicted molar refractivity (Wildman–Crippen MR) is 176 cm³/mol. The molecule has 272 valence electrons. The van der Waals surface area contributed by atoms with Gasteiger partial charge in [-0.1, -0.05) is 24.3 Å². The van der Waals surface area contributed by atoms with Crippen LogP contribution in [0.25, 0.3) is 0 Å². The molecular formula is C38H32F6N2O5S. The van der Waals surface area contributed by atoms with Crippen molar-refractivity contribution in [1.82, 2.24) is 9.80 Å². The lowest BCUT2D eigenvalue weighted by atomic mass is 9.78. The summed E-state index contributed by atoms with van der Waals surface area (Å²) in [6, 6.07) is 15.3. The SMILES string of the molecule is O=C1CC[C@@H](C(=O)N2CC[C@@]3(S(=O)(=O)c4ccc(F)cc4)c4ccc(OCc5c(F)cccc5C(F)(F)F)cc4CC[C@@H]23)N1Cc1ccc(F)cc1. The topological polar surface area (TPSA) is 84.0 Å². The van der Waals surface area contributed by atoms with Gasteiger partial charge in [0.1, 0.15) is 40.6 Å². The zero-order chi connectivity index (χ0) is 37.0. The summed E-state index contributed by atoms with van der Waals surface area (Å²) in [4.78, 5) is 30.1. The number of hydrogen-bond acceptors (Lipinski definition) is 5. The van der Waals surface area contributed by atoms with Crippen molar-refractivity contribution >= 4 is 21.7 Å². The molecule has 4 aromatic carbocycles. The smallest absolute Gasteiger partial charge is 0.416 e. The molecule has 2 amide bonds. The number of hydrogen-bond donors (Lipinski definition) is 0. The average Bonchev–Trinajstić information content (AvgIpc) is 3.69. The summed E-state index contributed by atoms with van der Waals surface area (Å²) in [5.41, 5.74) is -0.338. The van der Waals surface area contributed by atoms with E-state index in [1.54, 1.807) is 0 Å². The van der Waals surface area contributed by atoms with E-state index >= 15 is 0 Å². The van der Waals surface area contributed by atoms with Gasteiger partial charge in [0.05, 0.1) is 16.5 Å². The van der Waals surface area contributed by atoms with Crippen LogP contribution in [0.3, 0.4) is 0 Å². The molecule has 14 heteroatoms.